The number of esters is 1. The first-order valence-corrected chi connectivity index (χ1v) is 7.49. The van der Waals surface area contributed by atoms with Gasteiger partial charge < -0.3 is 14.5 Å². The summed E-state index contributed by atoms with van der Waals surface area (Å²) in [6, 6.07) is 7.76. The fourth-order valence-electron chi connectivity index (χ4n) is 2.57. The molecule has 1 aromatic carbocycles. The van der Waals surface area contributed by atoms with E-state index in [0.717, 1.165) is 26.2 Å². The van der Waals surface area contributed by atoms with E-state index in [2.05, 4.69) is 16.7 Å². The topological polar surface area (TPSA) is 32.8 Å². The lowest BCUT2D eigenvalue weighted by Crippen LogP contribution is -2.30. The summed E-state index contributed by atoms with van der Waals surface area (Å²) in [5, 5.41) is 0. The molecule has 0 saturated carbocycles. The molecule has 0 radical (unpaired) electrons. The second kappa shape index (κ2) is 7.29. The van der Waals surface area contributed by atoms with E-state index in [9.17, 15) is 4.79 Å². The molecule has 0 unspecified atom stereocenters. The van der Waals surface area contributed by atoms with Crippen LogP contribution in [0, 0.1) is 0 Å². The molecule has 1 aliphatic rings. The van der Waals surface area contributed by atoms with Gasteiger partial charge in [0.15, 0.2) is 0 Å². The van der Waals surface area contributed by atoms with E-state index in [4.69, 9.17) is 4.74 Å². The van der Waals surface area contributed by atoms with Gasteiger partial charge in [-0.15, -0.1) is 0 Å². The summed E-state index contributed by atoms with van der Waals surface area (Å²) in [6.45, 7) is 9.98. The first-order valence-electron chi connectivity index (χ1n) is 7.49. The third-order valence-corrected chi connectivity index (χ3v) is 3.78. The number of benzene rings is 1. The molecule has 0 spiro atoms. The predicted octanol–water partition coefficient (Wildman–Crippen LogP) is 2.40. The molecule has 20 heavy (non-hydrogen) atoms. The maximum absolute atomic E-state index is 11.6. The second-order valence-corrected chi connectivity index (χ2v) is 5.04. The van der Waals surface area contributed by atoms with Gasteiger partial charge in [0.25, 0.3) is 0 Å². The van der Waals surface area contributed by atoms with E-state index < -0.39 is 0 Å². The SMILES string of the molecule is CCOC(=O)c1ccc(N2CCCN(CC)CC2)cc1. The number of likely N-dealkylation sites (N-methyl/N-ethyl adjacent to an activating group) is 1. The summed E-state index contributed by atoms with van der Waals surface area (Å²) in [5.41, 5.74) is 1.82. The van der Waals surface area contributed by atoms with E-state index in [0.29, 0.717) is 12.2 Å². The molecule has 0 bridgehead atoms. The van der Waals surface area contributed by atoms with Gasteiger partial charge in [-0.25, -0.2) is 4.79 Å². The number of hydrogen-bond acceptors (Lipinski definition) is 4. The Hall–Kier alpha value is -1.55. The smallest absolute Gasteiger partial charge is 0.338 e. The van der Waals surface area contributed by atoms with E-state index in [-0.39, 0.29) is 5.97 Å². The predicted molar refractivity (Wildman–Crippen MR) is 81.3 cm³/mol. The lowest BCUT2D eigenvalue weighted by molar-refractivity contribution is 0.0526. The Kier molecular flexibility index (Phi) is 5.41. The number of anilines is 1. The van der Waals surface area contributed by atoms with Crippen molar-refractivity contribution in [2.24, 2.45) is 0 Å². The van der Waals surface area contributed by atoms with Gasteiger partial charge in [0, 0.05) is 25.3 Å². The second-order valence-electron chi connectivity index (χ2n) is 5.04. The number of carbonyl (C=O) groups excluding carboxylic acids is 1. The molecule has 0 N–H and O–H groups in total. The minimum absolute atomic E-state index is 0.243. The maximum Gasteiger partial charge on any atom is 0.338 e. The Morgan fingerprint density at radius 3 is 2.50 bits per heavy atom. The Morgan fingerprint density at radius 2 is 1.85 bits per heavy atom. The van der Waals surface area contributed by atoms with E-state index in [1.54, 1.807) is 0 Å². The highest BCUT2D eigenvalue weighted by Gasteiger charge is 2.14. The first kappa shape index (κ1) is 14.9. The zero-order valence-corrected chi connectivity index (χ0v) is 12.5. The number of carbonyl (C=O) groups is 1. The molecule has 0 atom stereocenters. The summed E-state index contributed by atoms with van der Waals surface area (Å²) in [4.78, 5) is 16.5. The molecule has 1 aromatic rings. The average Bonchev–Trinajstić information content (AvgIpc) is 2.73. The molecule has 0 amide bonds. The number of ether oxygens (including phenoxy) is 1. The van der Waals surface area contributed by atoms with Crippen LogP contribution >= 0.6 is 0 Å². The van der Waals surface area contributed by atoms with Gasteiger partial charge in [0.2, 0.25) is 0 Å². The van der Waals surface area contributed by atoms with Crippen molar-refractivity contribution in [3.05, 3.63) is 29.8 Å². The zero-order chi connectivity index (χ0) is 14.4. The minimum Gasteiger partial charge on any atom is -0.462 e. The number of rotatable bonds is 4. The summed E-state index contributed by atoms with van der Waals surface area (Å²) in [5.74, 6) is -0.243. The van der Waals surface area contributed by atoms with Crippen molar-refractivity contribution < 1.29 is 9.53 Å². The van der Waals surface area contributed by atoms with Gasteiger partial charge in [-0.05, 0) is 50.7 Å². The van der Waals surface area contributed by atoms with Crippen molar-refractivity contribution in [2.75, 3.05) is 44.2 Å². The molecule has 110 valence electrons. The molecular formula is C16H24N2O2. The van der Waals surface area contributed by atoms with Crippen LogP contribution in [-0.4, -0.2) is 50.2 Å². The van der Waals surface area contributed by atoms with Crippen LogP contribution in [0.3, 0.4) is 0 Å². The molecule has 1 saturated heterocycles. The molecule has 1 heterocycles. The summed E-state index contributed by atoms with van der Waals surface area (Å²) >= 11 is 0. The number of hydrogen-bond donors (Lipinski definition) is 0. The third kappa shape index (κ3) is 3.73. The zero-order valence-electron chi connectivity index (χ0n) is 12.5. The van der Waals surface area contributed by atoms with Crippen LogP contribution in [0.4, 0.5) is 5.69 Å². The van der Waals surface area contributed by atoms with Crippen LogP contribution in [0.25, 0.3) is 0 Å². The lowest BCUT2D eigenvalue weighted by Gasteiger charge is -2.23. The monoisotopic (exact) mass is 276 g/mol. The van der Waals surface area contributed by atoms with Gasteiger partial charge in [0.05, 0.1) is 12.2 Å². The summed E-state index contributed by atoms with van der Waals surface area (Å²) in [6.07, 6.45) is 1.19. The average molecular weight is 276 g/mol. The Morgan fingerprint density at radius 1 is 1.10 bits per heavy atom. The molecule has 2 rings (SSSR count). The molecule has 0 aromatic heterocycles. The molecule has 4 heteroatoms. The standard InChI is InChI=1S/C16H24N2O2/c1-3-17-10-5-11-18(13-12-17)15-8-6-14(7-9-15)16(19)20-4-2/h6-9H,3-5,10-13H2,1-2H3. The van der Waals surface area contributed by atoms with E-state index in [1.807, 2.05) is 31.2 Å². The summed E-state index contributed by atoms with van der Waals surface area (Å²) in [7, 11) is 0. The summed E-state index contributed by atoms with van der Waals surface area (Å²) < 4.78 is 5.00. The molecular weight excluding hydrogens is 252 g/mol. The molecule has 0 aliphatic carbocycles. The van der Waals surface area contributed by atoms with Gasteiger partial charge >= 0.3 is 5.97 Å². The van der Waals surface area contributed by atoms with Gasteiger partial charge in [-0.3, -0.25) is 0 Å². The Bertz CT molecular complexity index is 431. The van der Waals surface area contributed by atoms with Crippen LogP contribution in [0.15, 0.2) is 24.3 Å². The lowest BCUT2D eigenvalue weighted by atomic mass is 10.2. The van der Waals surface area contributed by atoms with Crippen LogP contribution in [0.1, 0.15) is 30.6 Å². The van der Waals surface area contributed by atoms with Gasteiger partial charge in [-0.1, -0.05) is 6.92 Å². The fraction of sp³-hybridized carbons (Fsp3) is 0.562. The van der Waals surface area contributed by atoms with E-state index in [1.165, 1.54) is 18.7 Å². The van der Waals surface area contributed by atoms with Crippen molar-refractivity contribution in [1.29, 1.82) is 0 Å². The number of nitrogens with zero attached hydrogens (tertiary/aromatic N) is 2. The minimum atomic E-state index is -0.243. The Labute approximate surface area is 121 Å². The fourth-order valence-corrected chi connectivity index (χ4v) is 2.57. The first-order chi connectivity index (χ1) is 9.74. The highest BCUT2D eigenvalue weighted by molar-refractivity contribution is 5.89. The van der Waals surface area contributed by atoms with Gasteiger partial charge in [-0.2, -0.15) is 0 Å². The largest absolute Gasteiger partial charge is 0.462 e. The molecule has 4 nitrogen and oxygen atoms in total. The highest BCUT2D eigenvalue weighted by atomic mass is 16.5. The molecule has 1 fully saturated rings. The van der Waals surface area contributed by atoms with Crippen molar-refractivity contribution >= 4 is 11.7 Å². The normalized spacial score (nSPS) is 16.8. The highest BCUT2D eigenvalue weighted by Crippen LogP contribution is 2.18. The van der Waals surface area contributed by atoms with Crippen LogP contribution < -0.4 is 4.90 Å². The Balaban J connectivity index is 2.00. The quantitative estimate of drug-likeness (QED) is 0.791. The van der Waals surface area contributed by atoms with Gasteiger partial charge in [0.1, 0.15) is 0 Å². The van der Waals surface area contributed by atoms with E-state index >= 15 is 0 Å². The third-order valence-electron chi connectivity index (χ3n) is 3.78. The van der Waals surface area contributed by atoms with Crippen molar-refractivity contribution in [3.63, 3.8) is 0 Å². The van der Waals surface area contributed by atoms with Crippen molar-refractivity contribution in [1.82, 2.24) is 4.90 Å². The van der Waals surface area contributed by atoms with Crippen LogP contribution in [0.2, 0.25) is 0 Å². The van der Waals surface area contributed by atoms with Crippen LogP contribution in [-0.2, 0) is 4.74 Å². The molecule has 1 aliphatic heterocycles. The maximum atomic E-state index is 11.6. The van der Waals surface area contributed by atoms with Crippen LogP contribution in [0.5, 0.6) is 0 Å². The van der Waals surface area contributed by atoms with Crippen molar-refractivity contribution in [2.45, 2.75) is 20.3 Å². The van der Waals surface area contributed by atoms with Crippen molar-refractivity contribution in [3.8, 4) is 0 Å².